The summed E-state index contributed by atoms with van der Waals surface area (Å²) in [7, 11) is 2.13. The quantitative estimate of drug-likeness (QED) is 0.740. The van der Waals surface area contributed by atoms with Gasteiger partial charge in [0.15, 0.2) is 0 Å². The molecule has 0 spiro atoms. The van der Waals surface area contributed by atoms with Gasteiger partial charge >= 0.3 is 0 Å². The zero-order valence-corrected chi connectivity index (χ0v) is 11.7. The molecule has 2 heterocycles. The molecule has 0 aromatic carbocycles. The van der Waals surface area contributed by atoms with Gasteiger partial charge in [-0.25, -0.2) is 0 Å². The van der Waals surface area contributed by atoms with Crippen molar-refractivity contribution in [1.29, 1.82) is 0 Å². The highest BCUT2D eigenvalue weighted by Crippen LogP contribution is 2.15. The Morgan fingerprint density at radius 2 is 1.83 bits per heavy atom. The number of carbonyl (C=O) groups excluding carboxylic acids is 1. The predicted octanol–water partition coefficient (Wildman–Crippen LogP) is 0.930. The molecule has 1 N–H and O–H groups in total. The molecule has 0 saturated carbocycles. The second-order valence-corrected chi connectivity index (χ2v) is 5.77. The molecule has 4 heteroatoms. The Kier molecular flexibility index (Phi) is 5.45. The zero-order chi connectivity index (χ0) is 12.8. The van der Waals surface area contributed by atoms with Crippen LogP contribution in [0, 0.1) is 5.92 Å². The van der Waals surface area contributed by atoms with Crippen LogP contribution in [0.2, 0.25) is 0 Å². The summed E-state index contributed by atoms with van der Waals surface area (Å²) in [6.45, 7) is 6.62. The first-order valence-corrected chi connectivity index (χ1v) is 7.44. The normalized spacial score (nSPS) is 23.4. The van der Waals surface area contributed by atoms with Crippen molar-refractivity contribution in [2.24, 2.45) is 5.92 Å². The van der Waals surface area contributed by atoms with E-state index in [9.17, 15) is 4.79 Å². The maximum atomic E-state index is 12.0. The fourth-order valence-electron chi connectivity index (χ4n) is 2.94. The minimum Gasteiger partial charge on any atom is -0.356 e. The Morgan fingerprint density at radius 1 is 1.17 bits per heavy atom. The molecule has 2 aliphatic heterocycles. The van der Waals surface area contributed by atoms with E-state index in [1.54, 1.807) is 0 Å². The van der Waals surface area contributed by atoms with E-state index in [1.807, 2.05) is 0 Å². The monoisotopic (exact) mass is 253 g/mol. The molecule has 104 valence electrons. The minimum absolute atomic E-state index is 0.257. The molecule has 2 fully saturated rings. The molecule has 0 unspecified atom stereocenters. The van der Waals surface area contributed by atoms with E-state index < -0.39 is 0 Å². The van der Waals surface area contributed by atoms with Crippen LogP contribution in [-0.4, -0.2) is 62.0 Å². The molecule has 1 amide bonds. The van der Waals surface area contributed by atoms with Crippen molar-refractivity contribution in [3.05, 3.63) is 0 Å². The molecule has 2 aliphatic rings. The molecule has 0 atom stereocenters. The van der Waals surface area contributed by atoms with Gasteiger partial charge in [-0.2, -0.15) is 0 Å². The molecule has 0 radical (unpaired) electrons. The molecule has 0 aromatic heterocycles. The topological polar surface area (TPSA) is 35.6 Å². The standard InChI is InChI=1S/C14H27N3O/c1-16-11-5-13(6-12-16)14(18)15-7-4-10-17-8-2-3-9-17/h13H,2-12H2,1H3,(H,15,18). The van der Waals surface area contributed by atoms with Crippen molar-refractivity contribution >= 4 is 5.91 Å². The lowest BCUT2D eigenvalue weighted by Gasteiger charge is -2.28. The summed E-state index contributed by atoms with van der Waals surface area (Å²) in [5, 5.41) is 3.11. The molecule has 2 saturated heterocycles. The molecule has 0 aliphatic carbocycles. The van der Waals surface area contributed by atoms with Crippen LogP contribution in [-0.2, 0) is 4.79 Å². The third-order valence-corrected chi connectivity index (χ3v) is 4.24. The van der Waals surface area contributed by atoms with Crippen molar-refractivity contribution in [3.8, 4) is 0 Å². The van der Waals surface area contributed by atoms with E-state index in [1.165, 1.54) is 25.9 Å². The highest BCUT2D eigenvalue weighted by Gasteiger charge is 2.22. The largest absolute Gasteiger partial charge is 0.356 e. The summed E-state index contributed by atoms with van der Waals surface area (Å²) in [5.41, 5.74) is 0. The van der Waals surface area contributed by atoms with Crippen LogP contribution in [0.5, 0.6) is 0 Å². The molecular weight excluding hydrogens is 226 g/mol. The first-order chi connectivity index (χ1) is 8.75. The van der Waals surface area contributed by atoms with Crippen molar-refractivity contribution in [1.82, 2.24) is 15.1 Å². The SMILES string of the molecule is CN1CCC(C(=O)NCCCN2CCCC2)CC1. The molecule has 0 bridgehead atoms. The first-order valence-electron chi connectivity index (χ1n) is 7.44. The van der Waals surface area contributed by atoms with E-state index in [0.29, 0.717) is 0 Å². The van der Waals surface area contributed by atoms with Crippen molar-refractivity contribution < 1.29 is 4.79 Å². The second-order valence-electron chi connectivity index (χ2n) is 5.77. The van der Waals surface area contributed by atoms with Gasteiger partial charge in [-0.1, -0.05) is 0 Å². The first kappa shape index (κ1) is 13.8. The number of hydrogen-bond acceptors (Lipinski definition) is 3. The van der Waals surface area contributed by atoms with Crippen LogP contribution in [0.3, 0.4) is 0 Å². The zero-order valence-electron chi connectivity index (χ0n) is 11.7. The number of hydrogen-bond donors (Lipinski definition) is 1. The number of nitrogens with zero attached hydrogens (tertiary/aromatic N) is 2. The summed E-state index contributed by atoms with van der Waals surface area (Å²) in [4.78, 5) is 16.8. The average molecular weight is 253 g/mol. The van der Waals surface area contributed by atoms with Gasteiger partial charge in [0.1, 0.15) is 0 Å². The molecular formula is C14H27N3O. The second kappa shape index (κ2) is 7.10. The van der Waals surface area contributed by atoms with Crippen molar-refractivity contribution in [2.75, 3.05) is 46.3 Å². The summed E-state index contributed by atoms with van der Waals surface area (Å²) >= 11 is 0. The Balaban J connectivity index is 1.54. The Bertz CT molecular complexity index is 256. The van der Waals surface area contributed by atoms with Gasteiger partial charge in [-0.3, -0.25) is 4.79 Å². The van der Waals surface area contributed by atoms with Crippen LogP contribution in [0.1, 0.15) is 32.1 Å². The Morgan fingerprint density at radius 3 is 2.50 bits per heavy atom. The molecule has 0 aromatic rings. The summed E-state index contributed by atoms with van der Waals surface area (Å²) in [5.74, 6) is 0.539. The number of likely N-dealkylation sites (tertiary alicyclic amines) is 2. The van der Waals surface area contributed by atoms with Crippen LogP contribution in [0.15, 0.2) is 0 Å². The van der Waals surface area contributed by atoms with Crippen molar-refractivity contribution in [2.45, 2.75) is 32.1 Å². The van der Waals surface area contributed by atoms with Crippen molar-refractivity contribution in [3.63, 3.8) is 0 Å². The lowest BCUT2D eigenvalue weighted by atomic mass is 9.96. The third kappa shape index (κ3) is 4.25. The number of amides is 1. The molecule has 4 nitrogen and oxygen atoms in total. The van der Waals surface area contributed by atoms with Gasteiger partial charge in [0, 0.05) is 12.5 Å². The third-order valence-electron chi connectivity index (χ3n) is 4.24. The van der Waals surface area contributed by atoms with E-state index in [2.05, 4.69) is 22.2 Å². The van der Waals surface area contributed by atoms with E-state index in [0.717, 1.165) is 45.4 Å². The number of carbonyl (C=O) groups is 1. The van der Waals surface area contributed by atoms with E-state index >= 15 is 0 Å². The maximum absolute atomic E-state index is 12.0. The summed E-state index contributed by atoms with van der Waals surface area (Å²) in [6.07, 6.45) is 5.84. The fourth-order valence-corrected chi connectivity index (χ4v) is 2.94. The van der Waals surface area contributed by atoms with Gasteiger partial charge in [-0.15, -0.1) is 0 Å². The lowest BCUT2D eigenvalue weighted by molar-refractivity contribution is -0.126. The maximum Gasteiger partial charge on any atom is 0.223 e. The summed E-state index contributed by atoms with van der Waals surface area (Å²) in [6, 6.07) is 0. The summed E-state index contributed by atoms with van der Waals surface area (Å²) < 4.78 is 0. The average Bonchev–Trinajstić information content (AvgIpc) is 2.88. The van der Waals surface area contributed by atoms with Gasteiger partial charge in [0.2, 0.25) is 5.91 Å². The molecule has 18 heavy (non-hydrogen) atoms. The fraction of sp³-hybridized carbons (Fsp3) is 0.929. The highest BCUT2D eigenvalue weighted by atomic mass is 16.1. The van der Waals surface area contributed by atoms with Gasteiger partial charge < -0.3 is 15.1 Å². The Labute approximate surface area is 111 Å². The van der Waals surface area contributed by atoms with Crippen LogP contribution in [0.4, 0.5) is 0 Å². The van der Waals surface area contributed by atoms with E-state index in [4.69, 9.17) is 0 Å². The minimum atomic E-state index is 0.257. The number of rotatable bonds is 5. The van der Waals surface area contributed by atoms with Crippen LogP contribution >= 0.6 is 0 Å². The number of piperidine rings is 1. The number of nitrogens with one attached hydrogen (secondary N) is 1. The van der Waals surface area contributed by atoms with Gasteiger partial charge in [0.25, 0.3) is 0 Å². The predicted molar refractivity (Wildman–Crippen MR) is 73.5 cm³/mol. The Hall–Kier alpha value is -0.610. The van der Waals surface area contributed by atoms with Gasteiger partial charge in [0.05, 0.1) is 0 Å². The lowest BCUT2D eigenvalue weighted by Crippen LogP contribution is -2.39. The molecule has 2 rings (SSSR count). The van der Waals surface area contributed by atoms with Gasteiger partial charge in [-0.05, 0) is 71.9 Å². The highest BCUT2D eigenvalue weighted by molar-refractivity contribution is 5.78. The smallest absolute Gasteiger partial charge is 0.223 e. The van der Waals surface area contributed by atoms with Crippen LogP contribution < -0.4 is 5.32 Å². The van der Waals surface area contributed by atoms with E-state index in [-0.39, 0.29) is 11.8 Å². The van der Waals surface area contributed by atoms with Crippen LogP contribution in [0.25, 0.3) is 0 Å².